The number of nitrogens with zero attached hydrogens (tertiary/aromatic N) is 1. The summed E-state index contributed by atoms with van der Waals surface area (Å²) in [4.78, 5) is 16.4. The van der Waals surface area contributed by atoms with Crippen molar-refractivity contribution in [2.24, 2.45) is 5.92 Å². The fraction of sp³-hybridized carbons (Fsp3) is 0.444. The number of thiazole rings is 1. The Bertz CT molecular complexity index is 700. The van der Waals surface area contributed by atoms with Gasteiger partial charge in [0.2, 0.25) is 0 Å². The third-order valence-electron chi connectivity index (χ3n) is 3.31. The Labute approximate surface area is 152 Å². The van der Waals surface area contributed by atoms with E-state index in [-0.39, 0.29) is 5.91 Å². The predicted octanol–water partition coefficient (Wildman–Crippen LogP) is 3.23. The first-order valence-corrected chi connectivity index (χ1v) is 8.97. The minimum atomic E-state index is -0.205. The standard InChI is InChI=1S/C18H24N2O4S/c1-12(2)10-24-15-6-5-13(9-16(15)23-4)18-20-14(11-25-18)17(21)19-7-8-22-3/h5-6,9,11-12H,7-8,10H2,1-4H3,(H,19,21). The number of aromatic nitrogens is 1. The Morgan fingerprint density at radius 3 is 2.76 bits per heavy atom. The Kier molecular flexibility index (Phi) is 7.21. The van der Waals surface area contributed by atoms with Crippen LogP contribution in [0.15, 0.2) is 23.6 Å². The van der Waals surface area contributed by atoms with E-state index in [9.17, 15) is 4.79 Å². The quantitative estimate of drug-likeness (QED) is 0.692. The summed E-state index contributed by atoms with van der Waals surface area (Å²) < 4.78 is 16.1. The van der Waals surface area contributed by atoms with E-state index in [4.69, 9.17) is 14.2 Å². The molecule has 1 aromatic heterocycles. The number of hydrogen-bond acceptors (Lipinski definition) is 6. The van der Waals surface area contributed by atoms with Crippen molar-refractivity contribution >= 4 is 17.2 Å². The molecule has 2 aromatic rings. The largest absolute Gasteiger partial charge is 0.493 e. The summed E-state index contributed by atoms with van der Waals surface area (Å²) in [5.41, 5.74) is 1.28. The number of carbonyl (C=O) groups excluding carboxylic acids is 1. The topological polar surface area (TPSA) is 69.7 Å². The number of amides is 1. The highest BCUT2D eigenvalue weighted by Crippen LogP contribution is 2.34. The Morgan fingerprint density at radius 2 is 2.08 bits per heavy atom. The lowest BCUT2D eigenvalue weighted by Gasteiger charge is -2.13. The maximum atomic E-state index is 12.0. The highest BCUT2D eigenvalue weighted by Gasteiger charge is 2.14. The molecule has 0 aliphatic carbocycles. The molecule has 0 unspecified atom stereocenters. The molecule has 136 valence electrons. The zero-order chi connectivity index (χ0) is 18.2. The number of hydrogen-bond donors (Lipinski definition) is 1. The normalized spacial score (nSPS) is 10.8. The van der Waals surface area contributed by atoms with Crippen LogP contribution in [-0.2, 0) is 4.74 Å². The van der Waals surface area contributed by atoms with Gasteiger partial charge in [-0.05, 0) is 24.1 Å². The van der Waals surface area contributed by atoms with E-state index in [0.717, 1.165) is 10.6 Å². The van der Waals surface area contributed by atoms with Crippen molar-refractivity contribution in [2.45, 2.75) is 13.8 Å². The molecule has 0 aliphatic rings. The van der Waals surface area contributed by atoms with Crippen LogP contribution in [0.5, 0.6) is 11.5 Å². The average Bonchev–Trinajstić information content (AvgIpc) is 3.10. The molecule has 0 fully saturated rings. The molecule has 0 bridgehead atoms. The van der Waals surface area contributed by atoms with Gasteiger partial charge in [0.1, 0.15) is 10.7 Å². The van der Waals surface area contributed by atoms with Gasteiger partial charge in [-0.2, -0.15) is 0 Å². The first-order chi connectivity index (χ1) is 12.0. The van der Waals surface area contributed by atoms with Crippen molar-refractivity contribution < 1.29 is 19.0 Å². The van der Waals surface area contributed by atoms with Crippen molar-refractivity contribution in [1.29, 1.82) is 0 Å². The van der Waals surface area contributed by atoms with Gasteiger partial charge in [0, 0.05) is 24.6 Å². The summed E-state index contributed by atoms with van der Waals surface area (Å²) in [5, 5.41) is 5.26. The maximum absolute atomic E-state index is 12.0. The van der Waals surface area contributed by atoms with Crippen LogP contribution in [0.4, 0.5) is 0 Å². The highest BCUT2D eigenvalue weighted by molar-refractivity contribution is 7.13. The zero-order valence-corrected chi connectivity index (χ0v) is 15.8. The van der Waals surface area contributed by atoms with Gasteiger partial charge < -0.3 is 19.5 Å². The van der Waals surface area contributed by atoms with Crippen LogP contribution in [0.2, 0.25) is 0 Å². The summed E-state index contributed by atoms with van der Waals surface area (Å²) >= 11 is 1.41. The van der Waals surface area contributed by atoms with Crippen LogP contribution in [0.3, 0.4) is 0 Å². The monoisotopic (exact) mass is 364 g/mol. The summed E-state index contributed by atoms with van der Waals surface area (Å²) in [6.07, 6.45) is 0. The lowest BCUT2D eigenvalue weighted by atomic mass is 10.2. The van der Waals surface area contributed by atoms with Gasteiger partial charge in [-0.15, -0.1) is 11.3 Å². The first-order valence-electron chi connectivity index (χ1n) is 8.09. The molecule has 0 saturated heterocycles. The summed E-state index contributed by atoms with van der Waals surface area (Å²) in [6.45, 7) is 5.74. The van der Waals surface area contributed by atoms with E-state index >= 15 is 0 Å². The molecule has 0 aliphatic heterocycles. The van der Waals surface area contributed by atoms with Crippen LogP contribution >= 0.6 is 11.3 Å². The van der Waals surface area contributed by atoms with E-state index in [0.29, 0.717) is 42.9 Å². The van der Waals surface area contributed by atoms with Crippen molar-refractivity contribution in [3.05, 3.63) is 29.3 Å². The maximum Gasteiger partial charge on any atom is 0.270 e. The predicted molar refractivity (Wildman–Crippen MR) is 98.6 cm³/mol. The van der Waals surface area contributed by atoms with Gasteiger partial charge >= 0.3 is 0 Å². The minimum Gasteiger partial charge on any atom is -0.493 e. The van der Waals surface area contributed by atoms with E-state index in [1.165, 1.54) is 11.3 Å². The summed E-state index contributed by atoms with van der Waals surface area (Å²) in [5.74, 6) is 1.58. The fourth-order valence-corrected chi connectivity index (χ4v) is 2.84. The third kappa shape index (κ3) is 5.44. The van der Waals surface area contributed by atoms with E-state index in [1.54, 1.807) is 19.6 Å². The average molecular weight is 364 g/mol. The van der Waals surface area contributed by atoms with Crippen LogP contribution in [-0.4, -0.2) is 44.9 Å². The van der Waals surface area contributed by atoms with Crippen LogP contribution < -0.4 is 14.8 Å². The Hall–Kier alpha value is -2.12. The molecule has 1 N–H and O–H groups in total. The molecule has 1 aromatic carbocycles. The van der Waals surface area contributed by atoms with Gasteiger partial charge in [0.05, 0.1) is 20.3 Å². The van der Waals surface area contributed by atoms with Crippen LogP contribution in [0, 0.1) is 5.92 Å². The van der Waals surface area contributed by atoms with E-state index in [1.807, 2.05) is 18.2 Å². The van der Waals surface area contributed by atoms with Crippen molar-refractivity contribution in [1.82, 2.24) is 10.3 Å². The zero-order valence-electron chi connectivity index (χ0n) is 15.0. The molecular formula is C18H24N2O4S. The lowest BCUT2D eigenvalue weighted by Crippen LogP contribution is -2.27. The number of rotatable bonds is 9. The molecule has 2 rings (SSSR count). The highest BCUT2D eigenvalue weighted by atomic mass is 32.1. The molecule has 7 heteroatoms. The smallest absolute Gasteiger partial charge is 0.270 e. The number of methoxy groups -OCH3 is 2. The Morgan fingerprint density at radius 1 is 1.28 bits per heavy atom. The molecule has 1 amide bonds. The second-order valence-corrected chi connectivity index (χ2v) is 6.72. The van der Waals surface area contributed by atoms with Crippen molar-refractivity contribution in [2.75, 3.05) is 34.0 Å². The van der Waals surface area contributed by atoms with Gasteiger partial charge in [0.25, 0.3) is 5.91 Å². The Balaban J connectivity index is 2.12. The molecule has 25 heavy (non-hydrogen) atoms. The van der Waals surface area contributed by atoms with E-state index in [2.05, 4.69) is 24.1 Å². The lowest BCUT2D eigenvalue weighted by molar-refractivity contribution is 0.0933. The van der Waals surface area contributed by atoms with Gasteiger partial charge in [-0.3, -0.25) is 4.79 Å². The van der Waals surface area contributed by atoms with Gasteiger partial charge in [-0.1, -0.05) is 13.8 Å². The van der Waals surface area contributed by atoms with Crippen molar-refractivity contribution in [3.8, 4) is 22.1 Å². The van der Waals surface area contributed by atoms with Crippen LogP contribution in [0.25, 0.3) is 10.6 Å². The molecule has 6 nitrogen and oxygen atoms in total. The second kappa shape index (κ2) is 9.39. The number of carbonyl (C=O) groups is 1. The van der Waals surface area contributed by atoms with Gasteiger partial charge in [-0.25, -0.2) is 4.98 Å². The number of ether oxygens (including phenoxy) is 3. The molecule has 0 radical (unpaired) electrons. The van der Waals surface area contributed by atoms with Gasteiger partial charge in [0.15, 0.2) is 11.5 Å². The molecule has 1 heterocycles. The molecule has 0 saturated carbocycles. The fourth-order valence-electron chi connectivity index (χ4n) is 2.04. The second-order valence-electron chi connectivity index (χ2n) is 5.86. The molecule has 0 spiro atoms. The SMILES string of the molecule is COCCNC(=O)c1csc(-c2ccc(OCC(C)C)c(OC)c2)n1. The molecule has 0 atom stereocenters. The summed E-state index contributed by atoms with van der Waals surface area (Å²) in [7, 11) is 3.20. The number of nitrogens with one attached hydrogen (secondary N) is 1. The number of benzene rings is 1. The van der Waals surface area contributed by atoms with Crippen LogP contribution in [0.1, 0.15) is 24.3 Å². The minimum absolute atomic E-state index is 0.205. The first kappa shape index (κ1) is 19.2. The molecular weight excluding hydrogens is 340 g/mol. The summed E-state index contributed by atoms with van der Waals surface area (Å²) in [6, 6.07) is 5.67. The third-order valence-corrected chi connectivity index (χ3v) is 4.20. The van der Waals surface area contributed by atoms with Crippen molar-refractivity contribution in [3.63, 3.8) is 0 Å². The van der Waals surface area contributed by atoms with E-state index < -0.39 is 0 Å².